The maximum absolute atomic E-state index is 7.00. The maximum Gasteiger partial charge on any atom is 0.482 e. The van der Waals surface area contributed by atoms with Crippen molar-refractivity contribution in [3.63, 3.8) is 0 Å². The Kier molecular flexibility index (Phi) is 3.95. The Morgan fingerprint density at radius 1 is 1.00 bits per heavy atom. The van der Waals surface area contributed by atoms with Gasteiger partial charge in [-0.2, -0.15) is 0 Å². The van der Waals surface area contributed by atoms with Gasteiger partial charge in [0.25, 0.3) is 0 Å². The van der Waals surface area contributed by atoms with Gasteiger partial charge in [0, 0.05) is 12.4 Å². The standard InChI is InChI=1S/C9H7N.BH2O2/c1-2-4-9-7-10-6-5-8(9)3-1;2-1-3/h1-7H;2-3H. The number of hydrogen-bond donors (Lipinski definition) is 2. The summed E-state index contributed by atoms with van der Waals surface area (Å²) in [7, 11) is 0. The Hall–Kier alpha value is -1.39. The van der Waals surface area contributed by atoms with Gasteiger partial charge in [-0.25, -0.2) is 0 Å². The molecule has 3 nitrogen and oxygen atoms in total. The van der Waals surface area contributed by atoms with E-state index in [1.165, 1.54) is 10.8 Å². The summed E-state index contributed by atoms with van der Waals surface area (Å²) in [5.41, 5.74) is 0. The molecule has 0 aliphatic heterocycles. The Morgan fingerprint density at radius 3 is 2.23 bits per heavy atom. The van der Waals surface area contributed by atoms with E-state index in [9.17, 15) is 0 Å². The molecular formula is C9H9BNO2. The zero-order valence-electron chi connectivity index (χ0n) is 6.96. The van der Waals surface area contributed by atoms with Gasteiger partial charge in [-0.3, -0.25) is 4.98 Å². The van der Waals surface area contributed by atoms with Crippen molar-refractivity contribution in [3.8, 4) is 0 Å². The quantitative estimate of drug-likeness (QED) is 0.579. The Labute approximate surface area is 77.0 Å². The zero-order chi connectivity index (χ0) is 9.52. The topological polar surface area (TPSA) is 53.4 Å². The molecule has 0 saturated carbocycles. The molecule has 0 aliphatic carbocycles. The summed E-state index contributed by atoms with van der Waals surface area (Å²) in [6.07, 6.45) is 3.68. The van der Waals surface area contributed by atoms with Gasteiger partial charge in [0.2, 0.25) is 0 Å². The molecule has 1 radical (unpaired) electrons. The van der Waals surface area contributed by atoms with E-state index in [2.05, 4.69) is 17.1 Å². The van der Waals surface area contributed by atoms with Crippen molar-refractivity contribution in [2.75, 3.05) is 0 Å². The normalized spacial score (nSPS) is 8.77. The molecule has 4 heteroatoms. The summed E-state index contributed by atoms with van der Waals surface area (Å²) < 4.78 is 0. The van der Waals surface area contributed by atoms with Crippen LogP contribution in [-0.2, 0) is 0 Å². The van der Waals surface area contributed by atoms with E-state index in [1.807, 2.05) is 30.6 Å². The predicted molar refractivity (Wildman–Crippen MR) is 51.9 cm³/mol. The van der Waals surface area contributed by atoms with Crippen LogP contribution >= 0.6 is 0 Å². The van der Waals surface area contributed by atoms with Crippen LogP contribution in [0.1, 0.15) is 0 Å². The lowest BCUT2D eigenvalue weighted by Crippen LogP contribution is -1.75. The smallest absolute Gasteiger partial charge is 0.429 e. The highest BCUT2D eigenvalue weighted by atomic mass is 16.4. The summed E-state index contributed by atoms with van der Waals surface area (Å²) in [6.45, 7) is 0. The first-order valence-electron chi connectivity index (χ1n) is 3.77. The minimum atomic E-state index is 0. The number of pyridine rings is 1. The van der Waals surface area contributed by atoms with E-state index in [1.54, 1.807) is 0 Å². The number of benzene rings is 1. The van der Waals surface area contributed by atoms with Gasteiger partial charge >= 0.3 is 7.69 Å². The first-order chi connectivity index (χ1) is 6.38. The van der Waals surface area contributed by atoms with Gasteiger partial charge in [0.05, 0.1) is 0 Å². The third-order valence-corrected chi connectivity index (χ3v) is 1.55. The first kappa shape index (κ1) is 9.70. The van der Waals surface area contributed by atoms with Crippen molar-refractivity contribution in [2.24, 2.45) is 0 Å². The van der Waals surface area contributed by atoms with Crippen LogP contribution in [0, 0.1) is 0 Å². The lowest BCUT2D eigenvalue weighted by Gasteiger charge is -1.91. The van der Waals surface area contributed by atoms with Crippen molar-refractivity contribution in [1.82, 2.24) is 4.98 Å². The van der Waals surface area contributed by atoms with Crippen molar-refractivity contribution >= 4 is 18.5 Å². The highest BCUT2D eigenvalue weighted by Gasteiger charge is 1.86. The molecule has 0 unspecified atom stereocenters. The lowest BCUT2D eigenvalue weighted by atomic mass is 10.2. The zero-order valence-corrected chi connectivity index (χ0v) is 6.96. The Balaban J connectivity index is 0.000000251. The third-order valence-electron chi connectivity index (χ3n) is 1.55. The molecular weight excluding hydrogens is 165 g/mol. The van der Waals surface area contributed by atoms with Gasteiger partial charge in [-0.05, 0) is 16.8 Å². The molecule has 2 rings (SSSR count). The summed E-state index contributed by atoms with van der Waals surface area (Å²) in [5, 5.41) is 16.4. The molecule has 0 atom stereocenters. The number of fused-ring (bicyclic) bond motifs is 1. The minimum absolute atomic E-state index is 0. The molecule has 2 aromatic rings. The van der Waals surface area contributed by atoms with E-state index >= 15 is 0 Å². The van der Waals surface area contributed by atoms with Crippen molar-refractivity contribution < 1.29 is 10.0 Å². The van der Waals surface area contributed by atoms with Crippen LogP contribution in [-0.4, -0.2) is 22.7 Å². The third kappa shape index (κ3) is 2.85. The largest absolute Gasteiger partial charge is 0.482 e. The fraction of sp³-hybridized carbons (Fsp3) is 0. The lowest BCUT2D eigenvalue weighted by molar-refractivity contribution is 0.448. The Morgan fingerprint density at radius 2 is 1.62 bits per heavy atom. The molecule has 13 heavy (non-hydrogen) atoms. The van der Waals surface area contributed by atoms with Gasteiger partial charge in [0.1, 0.15) is 0 Å². The highest BCUT2D eigenvalue weighted by Crippen LogP contribution is 2.09. The van der Waals surface area contributed by atoms with Crippen LogP contribution in [0.4, 0.5) is 0 Å². The molecule has 1 aromatic heterocycles. The van der Waals surface area contributed by atoms with Gasteiger partial charge in [-0.15, -0.1) is 0 Å². The summed E-state index contributed by atoms with van der Waals surface area (Å²) >= 11 is 0. The van der Waals surface area contributed by atoms with Crippen LogP contribution in [0.15, 0.2) is 42.7 Å². The molecule has 1 heterocycles. The average Bonchev–Trinajstić information content (AvgIpc) is 2.19. The molecule has 1 aromatic carbocycles. The van der Waals surface area contributed by atoms with Crippen molar-refractivity contribution in [2.45, 2.75) is 0 Å². The molecule has 65 valence electrons. The molecule has 0 fully saturated rings. The van der Waals surface area contributed by atoms with Gasteiger partial charge in [-0.1, -0.05) is 24.3 Å². The monoisotopic (exact) mass is 174 g/mol. The SMILES string of the molecule is O[B]O.c1ccc2cnccc2c1. The summed E-state index contributed by atoms with van der Waals surface area (Å²) in [4.78, 5) is 4.01. The van der Waals surface area contributed by atoms with Crippen LogP contribution in [0.25, 0.3) is 10.8 Å². The van der Waals surface area contributed by atoms with Crippen molar-refractivity contribution in [1.29, 1.82) is 0 Å². The van der Waals surface area contributed by atoms with Gasteiger partial charge in [0.15, 0.2) is 0 Å². The van der Waals surface area contributed by atoms with E-state index < -0.39 is 0 Å². The first-order valence-corrected chi connectivity index (χ1v) is 3.77. The van der Waals surface area contributed by atoms with Crippen LogP contribution in [0.5, 0.6) is 0 Å². The molecule has 0 amide bonds. The van der Waals surface area contributed by atoms with Crippen LogP contribution in [0.2, 0.25) is 0 Å². The molecule has 0 saturated heterocycles. The van der Waals surface area contributed by atoms with E-state index in [4.69, 9.17) is 10.0 Å². The van der Waals surface area contributed by atoms with Crippen LogP contribution < -0.4 is 0 Å². The number of aromatic nitrogens is 1. The summed E-state index contributed by atoms with van der Waals surface area (Å²) in [5.74, 6) is 0. The molecule has 2 N–H and O–H groups in total. The van der Waals surface area contributed by atoms with E-state index in [-0.39, 0.29) is 7.69 Å². The maximum atomic E-state index is 7.00. The second kappa shape index (κ2) is 5.29. The second-order valence-electron chi connectivity index (χ2n) is 2.34. The molecule has 0 spiro atoms. The van der Waals surface area contributed by atoms with Crippen LogP contribution in [0.3, 0.4) is 0 Å². The average molecular weight is 174 g/mol. The number of rotatable bonds is 0. The van der Waals surface area contributed by atoms with E-state index in [0.29, 0.717) is 0 Å². The highest BCUT2D eigenvalue weighted by molar-refractivity contribution is 6.13. The van der Waals surface area contributed by atoms with E-state index in [0.717, 1.165) is 0 Å². The fourth-order valence-electron chi connectivity index (χ4n) is 1.03. The molecule has 0 aliphatic rings. The summed E-state index contributed by atoms with van der Waals surface area (Å²) in [6, 6.07) is 10.2. The fourth-order valence-corrected chi connectivity index (χ4v) is 1.03. The number of nitrogens with zero attached hydrogens (tertiary/aromatic N) is 1. The Bertz CT molecular complexity index is 302. The van der Waals surface area contributed by atoms with Crippen molar-refractivity contribution in [3.05, 3.63) is 42.7 Å². The predicted octanol–water partition coefficient (Wildman–Crippen LogP) is 0.740. The minimum Gasteiger partial charge on any atom is -0.429 e. The van der Waals surface area contributed by atoms with Gasteiger partial charge < -0.3 is 10.0 Å². The molecule has 0 bridgehead atoms. The number of hydrogen-bond acceptors (Lipinski definition) is 3. The second-order valence-corrected chi connectivity index (χ2v) is 2.34.